The predicted octanol–water partition coefficient (Wildman–Crippen LogP) is 2.12. The number of anilines is 1. The highest BCUT2D eigenvalue weighted by Gasteiger charge is 2.30. The summed E-state index contributed by atoms with van der Waals surface area (Å²) >= 11 is 0. The van der Waals surface area contributed by atoms with E-state index in [4.69, 9.17) is 4.74 Å². The minimum atomic E-state index is -3.02. The number of esters is 1. The minimum Gasteiger partial charge on any atom is -0.456 e. The summed E-state index contributed by atoms with van der Waals surface area (Å²) in [6.45, 7) is 3.67. The SMILES string of the molecule is CCc1cccc(CC)c1NC(=O)COC(=O)C[C@@H]1CCS(=O)(=O)C1. The summed E-state index contributed by atoms with van der Waals surface area (Å²) in [5, 5.41) is 2.83. The van der Waals surface area contributed by atoms with Gasteiger partial charge in [-0.1, -0.05) is 32.0 Å². The van der Waals surface area contributed by atoms with E-state index < -0.39 is 15.8 Å². The molecule has 0 unspecified atom stereocenters. The van der Waals surface area contributed by atoms with Crippen molar-refractivity contribution >= 4 is 27.4 Å². The van der Waals surface area contributed by atoms with Crippen molar-refractivity contribution in [3.05, 3.63) is 29.3 Å². The summed E-state index contributed by atoms with van der Waals surface area (Å²) < 4.78 is 27.8. The van der Waals surface area contributed by atoms with Gasteiger partial charge in [0.25, 0.3) is 5.91 Å². The third kappa shape index (κ3) is 5.56. The van der Waals surface area contributed by atoms with Gasteiger partial charge in [-0.25, -0.2) is 8.42 Å². The maximum absolute atomic E-state index is 12.1. The van der Waals surface area contributed by atoms with Crippen molar-refractivity contribution in [3.8, 4) is 0 Å². The van der Waals surface area contributed by atoms with Crippen LogP contribution in [0.2, 0.25) is 0 Å². The standard InChI is InChI=1S/C18H25NO5S/c1-3-14-6-5-7-15(4-2)18(14)19-16(20)11-24-17(21)10-13-8-9-25(22,23)12-13/h5-7,13H,3-4,8-12H2,1-2H3,(H,19,20)/t13-/m0/s1. The van der Waals surface area contributed by atoms with Gasteiger partial charge in [0.2, 0.25) is 0 Å². The first-order chi connectivity index (χ1) is 11.8. The van der Waals surface area contributed by atoms with Gasteiger partial charge in [0, 0.05) is 12.1 Å². The molecule has 7 heteroatoms. The molecule has 0 aliphatic carbocycles. The minimum absolute atomic E-state index is 0.0258. The number of sulfone groups is 1. The molecule has 1 atom stereocenters. The molecule has 1 amide bonds. The monoisotopic (exact) mass is 367 g/mol. The average molecular weight is 367 g/mol. The number of carbonyl (C=O) groups excluding carboxylic acids is 2. The maximum atomic E-state index is 12.1. The molecule has 1 aromatic carbocycles. The molecule has 1 aliphatic rings. The van der Waals surface area contributed by atoms with E-state index in [1.54, 1.807) is 0 Å². The zero-order valence-corrected chi connectivity index (χ0v) is 15.5. The van der Waals surface area contributed by atoms with Gasteiger partial charge in [-0.2, -0.15) is 0 Å². The summed E-state index contributed by atoms with van der Waals surface area (Å²) in [6.07, 6.45) is 2.10. The largest absolute Gasteiger partial charge is 0.456 e. The molecule has 2 rings (SSSR count). The third-order valence-electron chi connectivity index (χ3n) is 4.41. The number of aryl methyl sites for hydroxylation is 2. The molecule has 6 nitrogen and oxygen atoms in total. The van der Waals surface area contributed by atoms with Gasteiger partial charge in [0.15, 0.2) is 16.4 Å². The first-order valence-electron chi connectivity index (χ1n) is 8.61. The van der Waals surface area contributed by atoms with E-state index in [0.29, 0.717) is 6.42 Å². The summed E-state index contributed by atoms with van der Waals surface area (Å²) in [5.74, 6) is -0.968. The highest BCUT2D eigenvalue weighted by atomic mass is 32.2. The lowest BCUT2D eigenvalue weighted by molar-refractivity contribution is -0.148. The summed E-state index contributed by atoms with van der Waals surface area (Å²) in [6, 6.07) is 5.88. The van der Waals surface area contributed by atoms with Gasteiger partial charge in [0.05, 0.1) is 11.5 Å². The number of hydrogen-bond acceptors (Lipinski definition) is 5. The van der Waals surface area contributed by atoms with Gasteiger partial charge < -0.3 is 10.1 Å². The van der Waals surface area contributed by atoms with Crippen LogP contribution in [-0.2, 0) is 37.0 Å². The normalized spacial score (nSPS) is 18.7. The second-order valence-corrected chi connectivity index (χ2v) is 8.57. The fraction of sp³-hybridized carbons (Fsp3) is 0.556. The third-order valence-corrected chi connectivity index (χ3v) is 6.25. The van der Waals surface area contributed by atoms with Crippen LogP contribution in [0.5, 0.6) is 0 Å². The molecule has 1 N–H and O–H groups in total. The zero-order valence-electron chi connectivity index (χ0n) is 14.7. The number of rotatable bonds is 7. The van der Waals surface area contributed by atoms with Crippen molar-refractivity contribution in [2.45, 2.75) is 39.5 Å². The Balaban J connectivity index is 1.86. The number of ether oxygens (including phenoxy) is 1. The van der Waals surface area contributed by atoms with Crippen molar-refractivity contribution < 1.29 is 22.7 Å². The van der Waals surface area contributed by atoms with Gasteiger partial charge in [0.1, 0.15) is 0 Å². The highest BCUT2D eigenvalue weighted by molar-refractivity contribution is 7.91. The van der Waals surface area contributed by atoms with Crippen LogP contribution < -0.4 is 5.32 Å². The van der Waals surface area contributed by atoms with Crippen LogP contribution in [0.3, 0.4) is 0 Å². The number of carbonyl (C=O) groups is 2. The fourth-order valence-electron chi connectivity index (χ4n) is 3.05. The molecule has 0 aromatic heterocycles. The number of nitrogens with one attached hydrogen (secondary N) is 1. The topological polar surface area (TPSA) is 89.5 Å². The molecular weight excluding hydrogens is 342 g/mol. The van der Waals surface area contributed by atoms with E-state index in [-0.39, 0.29) is 36.4 Å². The molecule has 0 radical (unpaired) electrons. The van der Waals surface area contributed by atoms with Gasteiger partial charge in [-0.05, 0) is 36.3 Å². The smallest absolute Gasteiger partial charge is 0.306 e. The van der Waals surface area contributed by atoms with Crippen LogP contribution in [0.15, 0.2) is 18.2 Å². The van der Waals surface area contributed by atoms with Gasteiger partial charge in [-0.3, -0.25) is 9.59 Å². The van der Waals surface area contributed by atoms with Crippen LogP contribution in [0, 0.1) is 5.92 Å². The van der Waals surface area contributed by atoms with Crippen molar-refractivity contribution in [2.24, 2.45) is 5.92 Å². The lowest BCUT2D eigenvalue weighted by Crippen LogP contribution is -2.23. The van der Waals surface area contributed by atoms with E-state index in [1.807, 2.05) is 32.0 Å². The lowest BCUT2D eigenvalue weighted by atomic mass is 10.0. The quantitative estimate of drug-likeness (QED) is 0.746. The maximum Gasteiger partial charge on any atom is 0.306 e. The summed E-state index contributed by atoms with van der Waals surface area (Å²) in [5.41, 5.74) is 2.86. The molecule has 138 valence electrons. The Morgan fingerprint density at radius 1 is 1.20 bits per heavy atom. The Bertz CT molecular complexity index is 720. The number of amides is 1. The summed E-state index contributed by atoms with van der Waals surface area (Å²) in [4.78, 5) is 23.9. The zero-order chi connectivity index (χ0) is 18.4. The number of para-hydroxylation sites is 1. The molecule has 1 aliphatic heterocycles. The van der Waals surface area contributed by atoms with Crippen molar-refractivity contribution in [1.82, 2.24) is 0 Å². The van der Waals surface area contributed by atoms with Gasteiger partial charge in [-0.15, -0.1) is 0 Å². The second kappa shape index (κ2) is 8.47. The number of hydrogen-bond donors (Lipinski definition) is 1. The molecular formula is C18H25NO5S. The first-order valence-corrected chi connectivity index (χ1v) is 10.4. The Kier molecular flexibility index (Phi) is 6.58. The predicted molar refractivity (Wildman–Crippen MR) is 96.2 cm³/mol. The Labute approximate surface area is 148 Å². The van der Waals surface area contributed by atoms with E-state index in [9.17, 15) is 18.0 Å². The molecule has 1 fully saturated rings. The van der Waals surface area contributed by atoms with Gasteiger partial charge >= 0.3 is 5.97 Å². The second-order valence-electron chi connectivity index (χ2n) is 6.34. The Morgan fingerprint density at radius 3 is 2.36 bits per heavy atom. The Hall–Kier alpha value is -1.89. The molecule has 0 bridgehead atoms. The molecule has 1 saturated heterocycles. The molecule has 1 aromatic rings. The van der Waals surface area contributed by atoms with Crippen LogP contribution in [0.1, 0.15) is 37.8 Å². The van der Waals surface area contributed by atoms with E-state index in [2.05, 4.69) is 5.32 Å². The molecule has 0 spiro atoms. The fourth-order valence-corrected chi connectivity index (χ4v) is 4.91. The molecule has 1 heterocycles. The van der Waals surface area contributed by atoms with Crippen LogP contribution in [0.25, 0.3) is 0 Å². The molecule has 25 heavy (non-hydrogen) atoms. The van der Waals surface area contributed by atoms with Crippen molar-refractivity contribution in [3.63, 3.8) is 0 Å². The average Bonchev–Trinajstić information content (AvgIpc) is 2.91. The summed E-state index contributed by atoms with van der Waals surface area (Å²) in [7, 11) is -3.02. The van der Waals surface area contributed by atoms with E-state index in [1.165, 1.54) is 0 Å². The number of benzene rings is 1. The highest BCUT2D eigenvalue weighted by Crippen LogP contribution is 2.23. The van der Waals surface area contributed by atoms with Crippen molar-refractivity contribution in [1.29, 1.82) is 0 Å². The Morgan fingerprint density at radius 2 is 1.84 bits per heavy atom. The first kappa shape index (κ1) is 19.4. The molecule has 0 saturated carbocycles. The van der Waals surface area contributed by atoms with Crippen LogP contribution >= 0.6 is 0 Å². The van der Waals surface area contributed by atoms with E-state index >= 15 is 0 Å². The van der Waals surface area contributed by atoms with Crippen LogP contribution in [-0.4, -0.2) is 38.4 Å². The van der Waals surface area contributed by atoms with E-state index in [0.717, 1.165) is 29.7 Å². The van der Waals surface area contributed by atoms with Crippen molar-refractivity contribution in [2.75, 3.05) is 23.4 Å². The lowest BCUT2D eigenvalue weighted by Gasteiger charge is -2.14. The van der Waals surface area contributed by atoms with Crippen LogP contribution in [0.4, 0.5) is 5.69 Å².